The summed E-state index contributed by atoms with van der Waals surface area (Å²) < 4.78 is 0. The van der Waals surface area contributed by atoms with Crippen molar-refractivity contribution in [2.75, 3.05) is 20.1 Å². The minimum absolute atomic E-state index is 0.666. The Hall–Kier alpha value is -0.450. The van der Waals surface area contributed by atoms with Gasteiger partial charge in [0.15, 0.2) is 0 Å². The first-order valence-corrected chi connectivity index (χ1v) is 6.96. The van der Waals surface area contributed by atoms with Crippen LogP contribution in [0.3, 0.4) is 0 Å². The fourth-order valence-electron chi connectivity index (χ4n) is 2.21. The first-order chi connectivity index (χ1) is 7.81. The highest BCUT2D eigenvalue weighted by Crippen LogP contribution is 2.18. The average Bonchev–Trinajstić information content (AvgIpc) is 2.77. The highest BCUT2D eigenvalue weighted by Gasteiger charge is 2.19. The number of hydrogen-bond donors (Lipinski definition) is 1. The van der Waals surface area contributed by atoms with Gasteiger partial charge in [0.1, 0.15) is 5.01 Å². The topological polar surface area (TPSA) is 28.2 Å². The zero-order chi connectivity index (χ0) is 11.4. The van der Waals surface area contributed by atoms with Gasteiger partial charge in [-0.05, 0) is 32.9 Å². The molecule has 3 nitrogen and oxygen atoms in total. The van der Waals surface area contributed by atoms with Crippen LogP contribution in [0.4, 0.5) is 0 Å². The average molecular weight is 239 g/mol. The van der Waals surface area contributed by atoms with Crippen LogP contribution in [0.5, 0.6) is 0 Å². The van der Waals surface area contributed by atoms with Crippen molar-refractivity contribution in [3.63, 3.8) is 0 Å². The van der Waals surface area contributed by atoms with Crippen LogP contribution in [0.2, 0.25) is 0 Å². The standard InChI is InChI=1S/C12H21N3S/c1-3-11-7-14-12(16-11)9-15-6-4-5-10(8-15)13-2/h7,10,13H,3-6,8-9H2,1-2H3. The van der Waals surface area contributed by atoms with E-state index in [9.17, 15) is 0 Å². The van der Waals surface area contributed by atoms with E-state index in [1.54, 1.807) is 0 Å². The molecule has 2 heterocycles. The Morgan fingerprint density at radius 1 is 1.62 bits per heavy atom. The highest BCUT2D eigenvalue weighted by molar-refractivity contribution is 7.11. The van der Waals surface area contributed by atoms with Gasteiger partial charge in [0.2, 0.25) is 0 Å². The third-order valence-electron chi connectivity index (χ3n) is 3.22. The second-order valence-electron chi connectivity index (χ2n) is 4.44. The Bertz CT molecular complexity index is 324. The van der Waals surface area contributed by atoms with E-state index in [1.165, 1.54) is 29.3 Å². The third-order valence-corrected chi connectivity index (χ3v) is 4.35. The summed E-state index contributed by atoms with van der Waals surface area (Å²) in [5.41, 5.74) is 0. The summed E-state index contributed by atoms with van der Waals surface area (Å²) in [7, 11) is 2.06. The van der Waals surface area contributed by atoms with Gasteiger partial charge in [-0.25, -0.2) is 4.98 Å². The summed E-state index contributed by atoms with van der Waals surface area (Å²) in [5.74, 6) is 0. The summed E-state index contributed by atoms with van der Waals surface area (Å²) in [6, 6.07) is 0.666. The molecule has 0 bridgehead atoms. The van der Waals surface area contributed by atoms with E-state index in [0.717, 1.165) is 19.5 Å². The predicted molar refractivity (Wildman–Crippen MR) is 68.9 cm³/mol. The van der Waals surface area contributed by atoms with Crippen LogP contribution in [-0.4, -0.2) is 36.1 Å². The zero-order valence-corrected chi connectivity index (χ0v) is 11.0. The van der Waals surface area contributed by atoms with E-state index >= 15 is 0 Å². The van der Waals surface area contributed by atoms with Crippen molar-refractivity contribution in [2.45, 2.75) is 38.8 Å². The van der Waals surface area contributed by atoms with Crippen molar-refractivity contribution >= 4 is 11.3 Å². The van der Waals surface area contributed by atoms with E-state index < -0.39 is 0 Å². The fraction of sp³-hybridized carbons (Fsp3) is 0.750. The number of rotatable bonds is 4. The third kappa shape index (κ3) is 3.03. The molecule has 90 valence electrons. The molecule has 1 atom stereocenters. The maximum Gasteiger partial charge on any atom is 0.107 e. The molecular weight excluding hydrogens is 218 g/mol. The van der Waals surface area contributed by atoms with E-state index in [0.29, 0.717) is 6.04 Å². The van der Waals surface area contributed by atoms with Gasteiger partial charge in [-0.15, -0.1) is 11.3 Å². The number of likely N-dealkylation sites (tertiary alicyclic amines) is 1. The van der Waals surface area contributed by atoms with Crippen LogP contribution < -0.4 is 5.32 Å². The van der Waals surface area contributed by atoms with E-state index in [-0.39, 0.29) is 0 Å². The van der Waals surface area contributed by atoms with Gasteiger partial charge in [0.25, 0.3) is 0 Å². The number of aryl methyl sites for hydroxylation is 1. The molecule has 1 saturated heterocycles. The minimum atomic E-state index is 0.666. The highest BCUT2D eigenvalue weighted by atomic mass is 32.1. The van der Waals surface area contributed by atoms with Crippen LogP contribution in [0, 0.1) is 0 Å². The molecule has 1 N–H and O–H groups in total. The molecule has 1 aromatic rings. The molecule has 0 radical (unpaired) electrons. The molecule has 0 aliphatic carbocycles. The molecule has 1 aliphatic rings. The Balaban J connectivity index is 1.88. The monoisotopic (exact) mass is 239 g/mol. The SMILES string of the molecule is CCc1cnc(CN2CCCC(NC)C2)s1. The number of hydrogen-bond acceptors (Lipinski definition) is 4. The molecule has 0 amide bonds. The minimum Gasteiger partial charge on any atom is -0.316 e. The Labute approximate surface area is 102 Å². The summed E-state index contributed by atoms with van der Waals surface area (Å²) in [6.45, 7) is 5.61. The number of nitrogens with zero attached hydrogens (tertiary/aromatic N) is 2. The zero-order valence-electron chi connectivity index (χ0n) is 10.2. The Morgan fingerprint density at radius 2 is 2.50 bits per heavy atom. The number of piperidine rings is 1. The van der Waals surface area contributed by atoms with Gasteiger partial charge in [0.05, 0.1) is 6.54 Å². The van der Waals surface area contributed by atoms with Crippen LogP contribution in [0.15, 0.2) is 6.20 Å². The molecule has 1 unspecified atom stereocenters. The largest absolute Gasteiger partial charge is 0.316 e. The molecule has 2 rings (SSSR count). The summed E-state index contributed by atoms with van der Waals surface area (Å²) in [5, 5.41) is 4.65. The second kappa shape index (κ2) is 5.75. The van der Waals surface area contributed by atoms with Gasteiger partial charge in [-0.1, -0.05) is 6.92 Å². The van der Waals surface area contributed by atoms with Gasteiger partial charge >= 0.3 is 0 Å². The lowest BCUT2D eigenvalue weighted by Gasteiger charge is -2.31. The van der Waals surface area contributed by atoms with Gasteiger partial charge < -0.3 is 5.32 Å². The Morgan fingerprint density at radius 3 is 3.19 bits per heavy atom. The lowest BCUT2D eigenvalue weighted by molar-refractivity contribution is 0.188. The van der Waals surface area contributed by atoms with Crippen molar-refractivity contribution in [1.82, 2.24) is 15.2 Å². The normalized spacial score (nSPS) is 22.5. The molecule has 1 aromatic heterocycles. The Kier molecular flexibility index (Phi) is 4.32. The molecule has 0 aromatic carbocycles. The van der Waals surface area contributed by atoms with Crippen LogP contribution in [0.1, 0.15) is 29.7 Å². The molecule has 1 fully saturated rings. The molecular formula is C12H21N3S. The number of likely N-dealkylation sites (N-methyl/N-ethyl adjacent to an activating group) is 1. The molecule has 16 heavy (non-hydrogen) atoms. The van der Waals surface area contributed by atoms with Crippen LogP contribution in [0.25, 0.3) is 0 Å². The van der Waals surface area contributed by atoms with E-state index in [4.69, 9.17) is 0 Å². The van der Waals surface area contributed by atoms with Crippen LogP contribution >= 0.6 is 11.3 Å². The maximum atomic E-state index is 4.49. The second-order valence-corrected chi connectivity index (χ2v) is 5.64. The van der Waals surface area contributed by atoms with Crippen molar-refractivity contribution in [3.8, 4) is 0 Å². The van der Waals surface area contributed by atoms with E-state index in [2.05, 4.69) is 29.2 Å². The van der Waals surface area contributed by atoms with Crippen molar-refractivity contribution in [2.24, 2.45) is 0 Å². The summed E-state index contributed by atoms with van der Waals surface area (Å²) >= 11 is 1.86. The number of nitrogens with one attached hydrogen (secondary N) is 1. The number of aromatic nitrogens is 1. The van der Waals surface area contributed by atoms with Crippen molar-refractivity contribution < 1.29 is 0 Å². The quantitative estimate of drug-likeness (QED) is 0.869. The molecule has 1 aliphatic heterocycles. The fourth-order valence-corrected chi connectivity index (χ4v) is 3.12. The van der Waals surface area contributed by atoms with Crippen molar-refractivity contribution in [3.05, 3.63) is 16.1 Å². The first-order valence-electron chi connectivity index (χ1n) is 6.15. The summed E-state index contributed by atoms with van der Waals surface area (Å²) in [4.78, 5) is 8.41. The predicted octanol–water partition coefficient (Wildman–Crippen LogP) is 1.89. The molecule has 0 saturated carbocycles. The lowest BCUT2D eigenvalue weighted by atomic mass is 10.1. The van der Waals surface area contributed by atoms with Gasteiger partial charge in [-0.2, -0.15) is 0 Å². The summed E-state index contributed by atoms with van der Waals surface area (Å²) in [6.07, 6.45) is 5.75. The number of thiazole rings is 1. The van der Waals surface area contributed by atoms with Gasteiger partial charge in [-0.3, -0.25) is 4.90 Å². The van der Waals surface area contributed by atoms with E-state index in [1.807, 2.05) is 17.5 Å². The van der Waals surface area contributed by atoms with Crippen molar-refractivity contribution in [1.29, 1.82) is 0 Å². The molecule has 0 spiro atoms. The van der Waals surface area contributed by atoms with Gasteiger partial charge in [0, 0.05) is 23.7 Å². The van der Waals surface area contributed by atoms with Crippen LogP contribution in [-0.2, 0) is 13.0 Å². The maximum absolute atomic E-state index is 4.49. The first kappa shape index (κ1) is 12.0. The smallest absolute Gasteiger partial charge is 0.107 e. The molecule has 4 heteroatoms. The lowest BCUT2D eigenvalue weighted by Crippen LogP contribution is -2.43.